The molecule has 1 aliphatic rings. The van der Waals surface area contributed by atoms with Crippen LogP contribution in [-0.2, 0) is 0 Å². The number of aromatic nitrogens is 1. The van der Waals surface area contributed by atoms with Crippen LogP contribution in [0.15, 0.2) is 18.2 Å². The lowest BCUT2D eigenvalue weighted by Gasteiger charge is -2.22. The number of fused-ring (bicyclic) bond motifs is 1. The number of aryl methyl sites for hydroxylation is 1. The number of rotatable bonds is 1. The van der Waals surface area contributed by atoms with E-state index in [-0.39, 0.29) is 11.9 Å². The number of nitrogens with zero attached hydrogens (tertiary/aromatic N) is 2. The monoisotopic (exact) mass is 289 g/mol. The van der Waals surface area contributed by atoms with Gasteiger partial charge in [0.15, 0.2) is 0 Å². The van der Waals surface area contributed by atoms with Gasteiger partial charge in [-0.05, 0) is 38.0 Å². The van der Waals surface area contributed by atoms with Gasteiger partial charge < -0.3 is 10.6 Å². The molecule has 3 rings (SSSR count). The van der Waals surface area contributed by atoms with Crippen molar-refractivity contribution in [3.05, 3.63) is 28.8 Å². The molecule has 106 valence electrons. The van der Waals surface area contributed by atoms with E-state index in [2.05, 4.69) is 4.98 Å². The van der Waals surface area contributed by atoms with Crippen LogP contribution in [0.2, 0.25) is 0 Å². The summed E-state index contributed by atoms with van der Waals surface area (Å²) in [5, 5.41) is 1.03. The van der Waals surface area contributed by atoms with Gasteiger partial charge in [0.2, 0.25) is 0 Å². The average Bonchev–Trinajstić information content (AvgIpc) is 2.65. The minimum atomic E-state index is 0.0929. The van der Waals surface area contributed by atoms with Gasteiger partial charge in [-0.25, -0.2) is 4.98 Å². The lowest BCUT2D eigenvalue weighted by molar-refractivity contribution is 0.0755. The van der Waals surface area contributed by atoms with E-state index in [1.807, 2.05) is 30.0 Å². The Morgan fingerprint density at radius 3 is 3.15 bits per heavy atom. The lowest BCUT2D eigenvalue weighted by Crippen LogP contribution is -2.39. The molecule has 4 nitrogen and oxygen atoms in total. The molecule has 2 N–H and O–H groups in total. The molecule has 1 aliphatic heterocycles. The van der Waals surface area contributed by atoms with Crippen LogP contribution in [0.5, 0.6) is 0 Å². The van der Waals surface area contributed by atoms with Crippen LogP contribution in [0.4, 0.5) is 0 Å². The topological polar surface area (TPSA) is 59.2 Å². The van der Waals surface area contributed by atoms with Crippen LogP contribution >= 0.6 is 11.3 Å². The Kier molecular flexibility index (Phi) is 3.72. The van der Waals surface area contributed by atoms with Crippen LogP contribution in [0.3, 0.4) is 0 Å². The Balaban J connectivity index is 1.87. The molecule has 1 amide bonds. The number of nitrogens with two attached hydrogens (primary N) is 1. The summed E-state index contributed by atoms with van der Waals surface area (Å²) in [7, 11) is 0. The number of thiazole rings is 1. The highest BCUT2D eigenvalue weighted by Gasteiger charge is 2.21. The summed E-state index contributed by atoms with van der Waals surface area (Å²) in [6, 6.07) is 5.87. The molecule has 2 aromatic rings. The number of amides is 1. The molecule has 2 heterocycles. The van der Waals surface area contributed by atoms with Gasteiger partial charge in [-0.2, -0.15) is 0 Å². The van der Waals surface area contributed by atoms with Crippen molar-refractivity contribution >= 4 is 27.5 Å². The SMILES string of the molecule is Cc1nc2ccc(C(=O)N3CCCC[C@@H](N)C3)cc2s1. The maximum Gasteiger partial charge on any atom is 0.253 e. The molecule has 1 saturated heterocycles. The smallest absolute Gasteiger partial charge is 0.253 e. The predicted octanol–water partition coefficient (Wildman–Crippen LogP) is 2.56. The summed E-state index contributed by atoms with van der Waals surface area (Å²) in [4.78, 5) is 18.9. The largest absolute Gasteiger partial charge is 0.337 e. The predicted molar refractivity (Wildman–Crippen MR) is 82.1 cm³/mol. The van der Waals surface area contributed by atoms with E-state index in [1.165, 1.54) is 0 Å². The number of benzene rings is 1. The fraction of sp³-hybridized carbons (Fsp3) is 0.467. The molecule has 5 heteroatoms. The molecular formula is C15H19N3OS. The van der Waals surface area contributed by atoms with Crippen LogP contribution in [0.1, 0.15) is 34.6 Å². The summed E-state index contributed by atoms with van der Waals surface area (Å²) in [6.07, 6.45) is 3.16. The number of carbonyl (C=O) groups excluding carboxylic acids is 1. The number of carbonyl (C=O) groups is 1. The maximum absolute atomic E-state index is 12.6. The Morgan fingerprint density at radius 1 is 1.45 bits per heavy atom. The average molecular weight is 289 g/mol. The second-order valence-corrected chi connectivity index (χ2v) is 6.66. The van der Waals surface area contributed by atoms with Crippen LogP contribution in [0, 0.1) is 6.92 Å². The molecule has 1 fully saturated rings. The molecular weight excluding hydrogens is 270 g/mol. The van der Waals surface area contributed by atoms with Gasteiger partial charge in [0, 0.05) is 24.7 Å². The first-order valence-electron chi connectivity index (χ1n) is 7.05. The summed E-state index contributed by atoms with van der Waals surface area (Å²) in [6.45, 7) is 3.46. The van der Waals surface area contributed by atoms with Gasteiger partial charge in [0.25, 0.3) is 5.91 Å². The standard InChI is InChI=1S/C15H19N3OS/c1-10-17-13-6-5-11(8-14(13)20-10)15(19)18-7-3-2-4-12(16)9-18/h5-6,8,12H,2-4,7,9,16H2,1H3/t12-/m1/s1. The summed E-state index contributed by atoms with van der Waals surface area (Å²) >= 11 is 1.63. The van der Waals surface area contributed by atoms with Crippen LogP contribution < -0.4 is 5.73 Å². The molecule has 0 spiro atoms. The molecule has 1 aromatic carbocycles. The van der Waals surface area contributed by atoms with Gasteiger partial charge >= 0.3 is 0 Å². The fourth-order valence-electron chi connectivity index (χ4n) is 2.71. The number of hydrogen-bond acceptors (Lipinski definition) is 4. The second-order valence-electron chi connectivity index (χ2n) is 5.42. The Bertz CT molecular complexity index is 637. The number of likely N-dealkylation sites (tertiary alicyclic amines) is 1. The third-order valence-corrected chi connectivity index (χ3v) is 4.67. The molecule has 0 aliphatic carbocycles. The third-order valence-electron chi connectivity index (χ3n) is 3.74. The third kappa shape index (κ3) is 2.69. The highest BCUT2D eigenvalue weighted by atomic mass is 32.1. The highest BCUT2D eigenvalue weighted by Crippen LogP contribution is 2.23. The van der Waals surface area contributed by atoms with Crippen molar-refractivity contribution in [2.45, 2.75) is 32.2 Å². The van der Waals surface area contributed by atoms with Crippen molar-refractivity contribution < 1.29 is 4.79 Å². The van der Waals surface area contributed by atoms with Gasteiger partial charge in [0.05, 0.1) is 15.2 Å². The zero-order chi connectivity index (χ0) is 14.1. The molecule has 0 saturated carbocycles. The fourth-order valence-corrected chi connectivity index (χ4v) is 3.58. The van der Waals surface area contributed by atoms with E-state index < -0.39 is 0 Å². The minimum Gasteiger partial charge on any atom is -0.337 e. The van der Waals surface area contributed by atoms with Crippen LogP contribution in [0.25, 0.3) is 10.2 Å². The van der Waals surface area contributed by atoms with Gasteiger partial charge in [0.1, 0.15) is 0 Å². The first-order chi connectivity index (χ1) is 9.63. The van der Waals surface area contributed by atoms with Crippen molar-refractivity contribution in [2.24, 2.45) is 5.73 Å². The maximum atomic E-state index is 12.6. The molecule has 0 bridgehead atoms. The first-order valence-corrected chi connectivity index (χ1v) is 7.87. The van der Waals surface area contributed by atoms with E-state index in [9.17, 15) is 4.79 Å². The van der Waals surface area contributed by atoms with Crippen molar-refractivity contribution in [1.82, 2.24) is 9.88 Å². The summed E-state index contributed by atoms with van der Waals surface area (Å²) in [5.74, 6) is 0.0929. The molecule has 0 radical (unpaired) electrons. The molecule has 0 unspecified atom stereocenters. The molecule has 1 atom stereocenters. The van der Waals surface area contributed by atoms with Gasteiger partial charge in [-0.3, -0.25) is 4.79 Å². The Morgan fingerprint density at radius 2 is 2.30 bits per heavy atom. The zero-order valence-electron chi connectivity index (χ0n) is 11.6. The van der Waals surface area contributed by atoms with E-state index in [0.717, 1.165) is 46.6 Å². The van der Waals surface area contributed by atoms with Crippen molar-refractivity contribution in [3.8, 4) is 0 Å². The Hall–Kier alpha value is -1.46. The second kappa shape index (κ2) is 5.50. The van der Waals surface area contributed by atoms with Crippen molar-refractivity contribution in [1.29, 1.82) is 0 Å². The molecule has 20 heavy (non-hydrogen) atoms. The zero-order valence-corrected chi connectivity index (χ0v) is 12.4. The first kappa shape index (κ1) is 13.5. The lowest BCUT2D eigenvalue weighted by atomic mass is 10.1. The van der Waals surface area contributed by atoms with E-state index >= 15 is 0 Å². The highest BCUT2D eigenvalue weighted by molar-refractivity contribution is 7.18. The van der Waals surface area contributed by atoms with Crippen LogP contribution in [-0.4, -0.2) is 34.9 Å². The summed E-state index contributed by atoms with van der Waals surface area (Å²) < 4.78 is 1.08. The van der Waals surface area contributed by atoms with E-state index in [1.54, 1.807) is 11.3 Å². The minimum absolute atomic E-state index is 0.0929. The number of hydrogen-bond donors (Lipinski definition) is 1. The van der Waals surface area contributed by atoms with Crippen molar-refractivity contribution in [2.75, 3.05) is 13.1 Å². The van der Waals surface area contributed by atoms with E-state index in [4.69, 9.17) is 5.73 Å². The Labute approximate surface area is 122 Å². The quantitative estimate of drug-likeness (QED) is 0.877. The molecule has 1 aromatic heterocycles. The van der Waals surface area contributed by atoms with E-state index in [0.29, 0.717) is 6.54 Å². The normalized spacial score (nSPS) is 20.1. The van der Waals surface area contributed by atoms with Crippen molar-refractivity contribution in [3.63, 3.8) is 0 Å². The van der Waals surface area contributed by atoms with Gasteiger partial charge in [-0.1, -0.05) is 6.42 Å². The van der Waals surface area contributed by atoms with Gasteiger partial charge in [-0.15, -0.1) is 11.3 Å². The summed E-state index contributed by atoms with van der Waals surface area (Å²) in [5.41, 5.74) is 7.75.